The first-order valence-corrected chi connectivity index (χ1v) is 10.1. The van der Waals surface area contributed by atoms with Crippen LogP contribution in [-0.4, -0.2) is 61.0 Å². The van der Waals surface area contributed by atoms with Crippen molar-refractivity contribution in [3.63, 3.8) is 0 Å². The number of hydrogen-bond acceptors (Lipinski definition) is 5. The summed E-state index contributed by atoms with van der Waals surface area (Å²) in [5.74, 6) is -0.539. The van der Waals surface area contributed by atoms with Gasteiger partial charge >= 0.3 is 0 Å². The van der Waals surface area contributed by atoms with Gasteiger partial charge in [0.15, 0.2) is 0 Å². The van der Waals surface area contributed by atoms with Crippen LogP contribution in [0.2, 0.25) is 0 Å². The Balaban J connectivity index is 1.63. The van der Waals surface area contributed by atoms with Crippen molar-refractivity contribution in [1.29, 1.82) is 0 Å². The molecule has 2 N–H and O–H groups in total. The SMILES string of the molecule is CCC(C)NC(=O)c1ccnc(C(=O)Nc2ccc(N3CCN(C)CC3)cc2)c1. The van der Waals surface area contributed by atoms with Gasteiger partial charge in [-0.2, -0.15) is 0 Å². The molecule has 0 saturated carbocycles. The largest absolute Gasteiger partial charge is 0.369 e. The Morgan fingerprint density at radius 3 is 2.41 bits per heavy atom. The third-order valence-electron chi connectivity index (χ3n) is 5.24. The average molecular weight is 396 g/mol. The standard InChI is InChI=1S/C22H29N5O2/c1-4-16(2)24-21(28)17-9-10-23-20(15-17)22(29)25-18-5-7-19(8-6-18)27-13-11-26(3)12-14-27/h5-10,15-16H,4,11-14H2,1-3H3,(H,24,28)(H,25,29). The third-order valence-corrected chi connectivity index (χ3v) is 5.24. The highest BCUT2D eigenvalue weighted by atomic mass is 16.2. The van der Waals surface area contributed by atoms with Crippen LogP contribution >= 0.6 is 0 Å². The Morgan fingerprint density at radius 2 is 1.76 bits per heavy atom. The van der Waals surface area contributed by atoms with Crippen molar-refractivity contribution in [2.45, 2.75) is 26.3 Å². The Labute approximate surface area is 172 Å². The van der Waals surface area contributed by atoms with Crippen LogP contribution in [-0.2, 0) is 0 Å². The molecular weight excluding hydrogens is 366 g/mol. The van der Waals surface area contributed by atoms with Gasteiger partial charge in [0.05, 0.1) is 0 Å². The molecule has 7 nitrogen and oxygen atoms in total. The lowest BCUT2D eigenvalue weighted by molar-refractivity contribution is 0.0939. The van der Waals surface area contributed by atoms with E-state index in [1.165, 1.54) is 12.3 Å². The molecule has 1 aromatic heterocycles. The third kappa shape index (κ3) is 5.54. The molecule has 2 heterocycles. The number of likely N-dealkylation sites (N-methyl/N-ethyl adjacent to an activating group) is 1. The second kappa shape index (κ2) is 9.52. The van der Waals surface area contributed by atoms with Crippen LogP contribution in [0.3, 0.4) is 0 Å². The summed E-state index contributed by atoms with van der Waals surface area (Å²) in [4.78, 5) is 33.6. The van der Waals surface area contributed by atoms with E-state index >= 15 is 0 Å². The summed E-state index contributed by atoms with van der Waals surface area (Å²) in [5, 5.41) is 5.75. The topological polar surface area (TPSA) is 77.6 Å². The fourth-order valence-corrected chi connectivity index (χ4v) is 3.12. The minimum atomic E-state index is -0.337. The molecule has 0 spiro atoms. The summed E-state index contributed by atoms with van der Waals surface area (Å²) in [6.45, 7) is 8.04. The maximum atomic E-state index is 12.6. The Hall–Kier alpha value is -2.93. The molecule has 1 aliphatic heterocycles. The molecule has 1 fully saturated rings. The number of piperazine rings is 1. The van der Waals surface area contributed by atoms with Crippen LogP contribution in [0.25, 0.3) is 0 Å². The molecule has 2 aromatic rings. The molecule has 1 atom stereocenters. The first-order valence-electron chi connectivity index (χ1n) is 10.1. The quantitative estimate of drug-likeness (QED) is 0.786. The minimum absolute atomic E-state index is 0.0757. The van der Waals surface area contributed by atoms with E-state index < -0.39 is 0 Å². The Morgan fingerprint density at radius 1 is 1.07 bits per heavy atom. The Bertz CT molecular complexity index is 845. The number of rotatable bonds is 6. The van der Waals surface area contributed by atoms with E-state index in [4.69, 9.17) is 0 Å². The molecule has 1 unspecified atom stereocenters. The molecule has 0 aliphatic carbocycles. The van der Waals surface area contributed by atoms with Gasteiger partial charge in [-0.15, -0.1) is 0 Å². The summed E-state index contributed by atoms with van der Waals surface area (Å²) < 4.78 is 0. The van der Waals surface area contributed by atoms with Gasteiger partial charge in [-0.3, -0.25) is 14.6 Å². The van der Waals surface area contributed by atoms with E-state index in [1.807, 2.05) is 38.1 Å². The zero-order valence-corrected chi connectivity index (χ0v) is 17.3. The molecule has 1 aromatic carbocycles. The maximum absolute atomic E-state index is 12.6. The molecule has 3 rings (SSSR count). The van der Waals surface area contributed by atoms with Crippen LogP contribution in [0.5, 0.6) is 0 Å². The lowest BCUT2D eigenvalue weighted by Crippen LogP contribution is -2.44. The van der Waals surface area contributed by atoms with Crippen molar-refractivity contribution in [3.8, 4) is 0 Å². The van der Waals surface area contributed by atoms with Gasteiger partial charge in [0.1, 0.15) is 5.69 Å². The van der Waals surface area contributed by atoms with Gasteiger partial charge < -0.3 is 20.4 Å². The Kier molecular flexibility index (Phi) is 6.82. The molecule has 2 amide bonds. The van der Waals surface area contributed by atoms with Gasteiger partial charge in [-0.25, -0.2) is 0 Å². The van der Waals surface area contributed by atoms with Crippen molar-refractivity contribution in [1.82, 2.24) is 15.2 Å². The van der Waals surface area contributed by atoms with Crippen molar-refractivity contribution >= 4 is 23.2 Å². The molecule has 1 aliphatic rings. The van der Waals surface area contributed by atoms with Crippen molar-refractivity contribution in [2.24, 2.45) is 0 Å². The molecule has 7 heteroatoms. The normalized spacial score (nSPS) is 15.6. The number of hydrogen-bond donors (Lipinski definition) is 2. The number of amides is 2. The first kappa shape index (κ1) is 20.8. The molecule has 0 bridgehead atoms. The smallest absolute Gasteiger partial charge is 0.274 e. The van der Waals surface area contributed by atoms with Gasteiger partial charge in [0.2, 0.25) is 0 Å². The van der Waals surface area contributed by atoms with Gasteiger partial charge in [-0.1, -0.05) is 6.92 Å². The number of pyridine rings is 1. The van der Waals surface area contributed by atoms with E-state index in [0.29, 0.717) is 11.3 Å². The predicted molar refractivity (Wildman–Crippen MR) is 116 cm³/mol. The number of anilines is 2. The second-order valence-corrected chi connectivity index (χ2v) is 7.50. The molecule has 1 saturated heterocycles. The number of carbonyl (C=O) groups excluding carboxylic acids is 2. The fourth-order valence-electron chi connectivity index (χ4n) is 3.12. The second-order valence-electron chi connectivity index (χ2n) is 7.50. The summed E-state index contributed by atoms with van der Waals surface area (Å²) >= 11 is 0. The molecular formula is C22H29N5O2. The van der Waals surface area contributed by atoms with E-state index in [-0.39, 0.29) is 23.6 Å². The summed E-state index contributed by atoms with van der Waals surface area (Å²) in [5.41, 5.74) is 2.49. The van der Waals surface area contributed by atoms with E-state index in [0.717, 1.165) is 38.3 Å². The first-order chi connectivity index (χ1) is 14.0. The number of carbonyl (C=O) groups is 2. The van der Waals surface area contributed by atoms with E-state index in [9.17, 15) is 9.59 Å². The highest BCUT2D eigenvalue weighted by Crippen LogP contribution is 2.19. The van der Waals surface area contributed by atoms with Crippen LogP contribution < -0.4 is 15.5 Å². The summed E-state index contributed by atoms with van der Waals surface area (Å²) in [7, 11) is 2.13. The van der Waals surface area contributed by atoms with Crippen molar-refractivity contribution in [3.05, 3.63) is 53.9 Å². The lowest BCUT2D eigenvalue weighted by Gasteiger charge is -2.34. The predicted octanol–water partition coefficient (Wildman–Crippen LogP) is 2.61. The fraction of sp³-hybridized carbons (Fsp3) is 0.409. The van der Waals surface area contributed by atoms with Crippen molar-refractivity contribution < 1.29 is 9.59 Å². The number of aromatic nitrogens is 1. The van der Waals surface area contributed by atoms with E-state index in [2.05, 4.69) is 32.5 Å². The van der Waals surface area contributed by atoms with Crippen LogP contribution in [0.15, 0.2) is 42.6 Å². The zero-order chi connectivity index (χ0) is 20.8. The number of nitrogens with zero attached hydrogens (tertiary/aromatic N) is 3. The summed E-state index contributed by atoms with van der Waals surface area (Å²) in [6.07, 6.45) is 2.32. The monoisotopic (exact) mass is 395 g/mol. The zero-order valence-electron chi connectivity index (χ0n) is 17.3. The molecule has 154 valence electrons. The summed E-state index contributed by atoms with van der Waals surface area (Å²) in [6, 6.07) is 11.0. The number of nitrogens with one attached hydrogen (secondary N) is 2. The van der Waals surface area contributed by atoms with Crippen LogP contribution in [0.1, 0.15) is 41.1 Å². The minimum Gasteiger partial charge on any atom is -0.369 e. The maximum Gasteiger partial charge on any atom is 0.274 e. The lowest BCUT2D eigenvalue weighted by atomic mass is 10.1. The highest BCUT2D eigenvalue weighted by molar-refractivity contribution is 6.04. The van der Waals surface area contributed by atoms with Gasteiger partial charge in [-0.05, 0) is 56.8 Å². The highest BCUT2D eigenvalue weighted by Gasteiger charge is 2.15. The van der Waals surface area contributed by atoms with Gasteiger partial charge in [0, 0.05) is 55.4 Å². The van der Waals surface area contributed by atoms with E-state index in [1.54, 1.807) is 6.07 Å². The number of benzene rings is 1. The molecule has 0 radical (unpaired) electrons. The van der Waals surface area contributed by atoms with Gasteiger partial charge in [0.25, 0.3) is 11.8 Å². The van der Waals surface area contributed by atoms with Crippen molar-refractivity contribution in [2.75, 3.05) is 43.4 Å². The van der Waals surface area contributed by atoms with Crippen LogP contribution in [0.4, 0.5) is 11.4 Å². The molecule has 29 heavy (non-hydrogen) atoms. The van der Waals surface area contributed by atoms with Crippen LogP contribution in [0, 0.1) is 0 Å². The average Bonchev–Trinajstić information content (AvgIpc) is 2.75.